The van der Waals surface area contributed by atoms with Crippen molar-refractivity contribution in [3.05, 3.63) is 70.3 Å². The molecule has 1 heterocycles. The molecule has 0 fully saturated rings. The Morgan fingerprint density at radius 3 is 2.44 bits per heavy atom. The van der Waals surface area contributed by atoms with Gasteiger partial charge in [0.05, 0.1) is 24.1 Å². The molecule has 0 unspecified atom stereocenters. The van der Waals surface area contributed by atoms with Crippen molar-refractivity contribution in [1.29, 1.82) is 0 Å². The topological polar surface area (TPSA) is 93.7 Å². The zero-order chi connectivity index (χ0) is 19.6. The Labute approximate surface area is 157 Å². The largest absolute Gasteiger partial charge is 0.476 e. The molecule has 144 valence electrons. The summed E-state index contributed by atoms with van der Waals surface area (Å²) in [6.45, 7) is 2.45. The van der Waals surface area contributed by atoms with Gasteiger partial charge in [0.1, 0.15) is 0 Å². The summed E-state index contributed by atoms with van der Waals surface area (Å²) in [6, 6.07) is 18.6. The molecule has 0 atom stereocenters. The van der Waals surface area contributed by atoms with Gasteiger partial charge in [-0.25, -0.2) is 0 Å². The van der Waals surface area contributed by atoms with Crippen molar-refractivity contribution in [2.24, 2.45) is 0 Å². The lowest BCUT2D eigenvalue weighted by Gasteiger charge is -2.09. The Morgan fingerprint density at radius 1 is 1.15 bits per heavy atom. The summed E-state index contributed by atoms with van der Waals surface area (Å²) in [5.74, 6) is 0.732. The first-order valence-corrected chi connectivity index (χ1v) is 8.57. The second-order valence-corrected chi connectivity index (χ2v) is 6.21. The molecule has 2 aromatic carbocycles. The minimum Gasteiger partial charge on any atom is -0.476 e. The van der Waals surface area contributed by atoms with Crippen LogP contribution < -0.4 is 4.74 Å². The van der Waals surface area contributed by atoms with E-state index in [1.54, 1.807) is 0 Å². The van der Waals surface area contributed by atoms with Crippen LogP contribution in [0.2, 0.25) is 0 Å². The second kappa shape index (κ2) is 10.1. The molecule has 0 aliphatic carbocycles. The van der Waals surface area contributed by atoms with Crippen LogP contribution in [0.15, 0.2) is 54.6 Å². The van der Waals surface area contributed by atoms with Crippen LogP contribution in [0.5, 0.6) is 5.88 Å². The van der Waals surface area contributed by atoms with E-state index < -0.39 is 5.09 Å². The van der Waals surface area contributed by atoms with Crippen molar-refractivity contribution in [2.45, 2.75) is 13.0 Å². The number of aromatic nitrogens is 2. The fourth-order valence-corrected chi connectivity index (χ4v) is 2.63. The molecule has 0 bridgehead atoms. The summed E-state index contributed by atoms with van der Waals surface area (Å²) in [4.78, 5) is 10.5. The Morgan fingerprint density at radius 2 is 1.78 bits per heavy atom. The monoisotopic (exact) mass is 372 g/mol. The van der Waals surface area contributed by atoms with Crippen LogP contribution >= 0.6 is 0 Å². The summed E-state index contributed by atoms with van der Waals surface area (Å²) in [5.41, 5.74) is 2.35. The molecule has 0 radical (unpaired) electrons. The smallest absolute Gasteiger partial charge is 0.291 e. The third-order valence-corrected chi connectivity index (χ3v) is 3.79. The molecule has 8 heteroatoms. The molecule has 8 nitrogen and oxygen atoms in total. The van der Waals surface area contributed by atoms with Gasteiger partial charge in [-0.1, -0.05) is 42.5 Å². The van der Waals surface area contributed by atoms with Gasteiger partial charge in [0, 0.05) is 6.54 Å². The van der Waals surface area contributed by atoms with Crippen molar-refractivity contribution >= 4 is 10.9 Å². The number of fused-ring (bicyclic) bond motifs is 1. The van der Waals surface area contributed by atoms with E-state index in [1.165, 1.54) is 5.56 Å². The molecule has 1 aromatic heterocycles. The maximum absolute atomic E-state index is 8.36. The minimum atomic E-state index is -1.50. The Bertz CT molecular complexity index is 845. The van der Waals surface area contributed by atoms with Crippen LogP contribution in [-0.4, -0.2) is 52.2 Å². The highest BCUT2D eigenvalue weighted by Gasteiger charge is 2.11. The molecule has 0 amide bonds. The van der Waals surface area contributed by atoms with Gasteiger partial charge in [0.25, 0.3) is 5.09 Å². The number of nitrogens with zero attached hydrogens (tertiary/aromatic N) is 4. The van der Waals surface area contributed by atoms with Gasteiger partial charge >= 0.3 is 0 Å². The van der Waals surface area contributed by atoms with Gasteiger partial charge in [0.15, 0.2) is 0 Å². The van der Waals surface area contributed by atoms with E-state index in [2.05, 4.69) is 60.5 Å². The average molecular weight is 372 g/mol. The van der Waals surface area contributed by atoms with E-state index in [4.69, 9.17) is 20.1 Å². The molecule has 27 heavy (non-hydrogen) atoms. The third kappa shape index (κ3) is 6.59. The van der Waals surface area contributed by atoms with E-state index in [1.807, 2.05) is 22.9 Å². The van der Waals surface area contributed by atoms with Crippen molar-refractivity contribution < 1.29 is 15.0 Å². The van der Waals surface area contributed by atoms with Crippen molar-refractivity contribution in [3.8, 4) is 5.88 Å². The Balaban J connectivity index is 0.000000596. The first kappa shape index (κ1) is 20.2. The van der Waals surface area contributed by atoms with E-state index in [0.717, 1.165) is 36.3 Å². The lowest BCUT2D eigenvalue weighted by molar-refractivity contribution is -0.742. The standard InChI is InChI=1S/C19H23N3O.HNO3/c1-21(2)13-8-14-23-19-17-11-6-7-12-18(17)22(20-19)15-16-9-4-3-5-10-16;2-1(3)4/h3-7,9-12H,8,13-15H2,1-2H3;(H,2,3,4). The van der Waals surface area contributed by atoms with Gasteiger partial charge in [-0.15, -0.1) is 15.2 Å². The van der Waals surface area contributed by atoms with Crippen LogP contribution in [0.3, 0.4) is 0 Å². The maximum atomic E-state index is 8.36. The SMILES string of the molecule is CN(C)CCCOc1nn(Cc2ccccc2)c2ccccc12.O=[N+]([O-])O. The quantitative estimate of drug-likeness (QED) is 0.389. The minimum absolute atomic E-state index is 0.685. The third-order valence-electron chi connectivity index (χ3n) is 3.79. The fourth-order valence-electron chi connectivity index (χ4n) is 2.63. The van der Waals surface area contributed by atoms with Crippen LogP contribution in [0.1, 0.15) is 12.0 Å². The molecule has 3 aromatic rings. The van der Waals surface area contributed by atoms with Gasteiger partial charge in [-0.05, 0) is 38.2 Å². The van der Waals surface area contributed by atoms with Crippen LogP contribution in [-0.2, 0) is 6.54 Å². The molecular weight excluding hydrogens is 348 g/mol. The molecule has 0 saturated heterocycles. The lowest BCUT2D eigenvalue weighted by Crippen LogP contribution is -2.15. The van der Waals surface area contributed by atoms with Crippen LogP contribution in [0.4, 0.5) is 0 Å². The highest BCUT2D eigenvalue weighted by Crippen LogP contribution is 2.25. The fraction of sp³-hybridized carbons (Fsp3) is 0.316. The van der Waals surface area contributed by atoms with E-state index >= 15 is 0 Å². The summed E-state index contributed by atoms with van der Waals surface area (Å²) in [7, 11) is 4.15. The maximum Gasteiger partial charge on any atom is 0.291 e. The summed E-state index contributed by atoms with van der Waals surface area (Å²) >= 11 is 0. The van der Waals surface area contributed by atoms with Gasteiger partial charge in [0.2, 0.25) is 5.88 Å². The van der Waals surface area contributed by atoms with E-state index in [-0.39, 0.29) is 0 Å². The highest BCUT2D eigenvalue weighted by molar-refractivity contribution is 5.84. The number of hydrogen-bond acceptors (Lipinski definition) is 5. The highest BCUT2D eigenvalue weighted by atomic mass is 16.9. The van der Waals surface area contributed by atoms with E-state index in [0.29, 0.717) is 6.61 Å². The number of ether oxygens (including phenoxy) is 1. The normalized spacial score (nSPS) is 10.5. The van der Waals surface area contributed by atoms with Gasteiger partial charge in [-0.3, -0.25) is 4.68 Å². The zero-order valence-corrected chi connectivity index (χ0v) is 15.5. The van der Waals surface area contributed by atoms with E-state index in [9.17, 15) is 0 Å². The molecule has 3 rings (SSSR count). The van der Waals surface area contributed by atoms with Gasteiger partial charge in [-0.2, -0.15) is 0 Å². The van der Waals surface area contributed by atoms with Crippen molar-refractivity contribution in [1.82, 2.24) is 14.7 Å². The van der Waals surface area contributed by atoms with Crippen LogP contribution in [0, 0.1) is 10.1 Å². The number of rotatable bonds is 7. The zero-order valence-electron chi connectivity index (χ0n) is 15.5. The number of para-hydroxylation sites is 1. The molecule has 0 aliphatic rings. The summed E-state index contributed by atoms with van der Waals surface area (Å²) in [6.07, 6.45) is 0.993. The summed E-state index contributed by atoms with van der Waals surface area (Å²) in [5, 5.41) is 19.4. The average Bonchev–Trinajstić information content (AvgIpc) is 2.97. The number of benzene rings is 2. The predicted octanol–water partition coefficient (Wildman–Crippen LogP) is 3.07. The Kier molecular flexibility index (Phi) is 7.57. The molecule has 0 spiro atoms. The second-order valence-electron chi connectivity index (χ2n) is 6.21. The molecule has 1 N–H and O–H groups in total. The Hall–Kier alpha value is -3.13. The lowest BCUT2D eigenvalue weighted by atomic mass is 10.2. The number of hydrogen-bond donors (Lipinski definition) is 1. The van der Waals surface area contributed by atoms with Crippen molar-refractivity contribution in [3.63, 3.8) is 0 Å². The predicted molar refractivity (Wildman–Crippen MR) is 103 cm³/mol. The van der Waals surface area contributed by atoms with Crippen LogP contribution in [0.25, 0.3) is 10.9 Å². The van der Waals surface area contributed by atoms with Crippen molar-refractivity contribution in [2.75, 3.05) is 27.2 Å². The molecular formula is C19H24N4O4. The molecule has 0 saturated carbocycles. The summed E-state index contributed by atoms with van der Waals surface area (Å²) < 4.78 is 7.95. The first-order valence-electron chi connectivity index (χ1n) is 8.57. The molecule has 0 aliphatic heterocycles. The first-order chi connectivity index (χ1) is 13.0. The van der Waals surface area contributed by atoms with Gasteiger partial charge < -0.3 is 14.8 Å².